The quantitative estimate of drug-likeness (QED) is 0.654. The smallest absolute Gasteiger partial charge is 0.271 e. The minimum atomic E-state index is -3.38. The average molecular weight is 407 g/mol. The van der Waals surface area contributed by atoms with E-state index in [1.807, 2.05) is 6.92 Å². The molecule has 152 valence electrons. The van der Waals surface area contributed by atoms with Gasteiger partial charge in [-0.3, -0.25) is 9.59 Å². The molecule has 0 bridgehead atoms. The van der Waals surface area contributed by atoms with Gasteiger partial charge in [0.2, 0.25) is 10.0 Å². The second-order valence-corrected chi connectivity index (χ2v) is 8.56. The van der Waals surface area contributed by atoms with E-state index in [9.17, 15) is 18.0 Å². The fourth-order valence-electron chi connectivity index (χ4n) is 2.59. The summed E-state index contributed by atoms with van der Waals surface area (Å²) in [6, 6.07) is 9.57. The first kappa shape index (κ1) is 21.8. The van der Waals surface area contributed by atoms with E-state index in [4.69, 9.17) is 0 Å². The number of aromatic nitrogens is 2. The third-order valence-corrected chi connectivity index (χ3v) is 5.33. The van der Waals surface area contributed by atoms with Crippen molar-refractivity contribution in [3.63, 3.8) is 0 Å². The highest BCUT2D eigenvalue weighted by Crippen LogP contribution is 2.08. The van der Waals surface area contributed by atoms with Crippen LogP contribution in [-0.4, -0.2) is 30.1 Å². The van der Waals surface area contributed by atoms with Crippen molar-refractivity contribution in [2.45, 2.75) is 52.1 Å². The number of benzene rings is 1. The zero-order chi connectivity index (χ0) is 20.7. The minimum absolute atomic E-state index is 0.0965. The lowest BCUT2D eigenvalue weighted by atomic mass is 10.1. The summed E-state index contributed by atoms with van der Waals surface area (Å²) in [4.78, 5) is 23.9. The zero-order valence-corrected chi connectivity index (χ0v) is 17.1. The predicted octanol–water partition coefficient (Wildman–Crippen LogP) is 1.41. The molecule has 28 heavy (non-hydrogen) atoms. The molecule has 0 fully saturated rings. The summed E-state index contributed by atoms with van der Waals surface area (Å²) in [5.74, 6) is -0.474. The number of hydrogen-bond acceptors (Lipinski definition) is 5. The van der Waals surface area contributed by atoms with Crippen molar-refractivity contribution in [2.24, 2.45) is 0 Å². The molecule has 0 unspecified atom stereocenters. The second-order valence-electron chi connectivity index (χ2n) is 6.81. The van der Waals surface area contributed by atoms with Gasteiger partial charge < -0.3 is 5.32 Å². The first-order valence-corrected chi connectivity index (χ1v) is 10.8. The summed E-state index contributed by atoms with van der Waals surface area (Å²) in [5.41, 5.74) is 1.43. The van der Waals surface area contributed by atoms with Crippen LogP contribution < -0.4 is 15.6 Å². The van der Waals surface area contributed by atoms with Crippen molar-refractivity contribution in [1.29, 1.82) is 0 Å². The van der Waals surface area contributed by atoms with Crippen LogP contribution in [0, 0.1) is 0 Å². The Morgan fingerprint density at radius 3 is 2.36 bits per heavy atom. The molecule has 0 spiro atoms. The van der Waals surface area contributed by atoms with Crippen LogP contribution in [-0.2, 0) is 28.9 Å². The predicted molar refractivity (Wildman–Crippen MR) is 107 cm³/mol. The van der Waals surface area contributed by atoms with Crippen molar-refractivity contribution in [3.8, 4) is 0 Å². The molecule has 1 aromatic carbocycles. The van der Waals surface area contributed by atoms with E-state index in [0.29, 0.717) is 12.1 Å². The molecule has 0 saturated heterocycles. The number of sulfonamides is 1. The van der Waals surface area contributed by atoms with Gasteiger partial charge in [-0.15, -0.1) is 0 Å². The Morgan fingerprint density at radius 2 is 1.75 bits per heavy atom. The van der Waals surface area contributed by atoms with Gasteiger partial charge in [-0.1, -0.05) is 31.2 Å². The van der Waals surface area contributed by atoms with E-state index in [0.717, 1.165) is 12.0 Å². The van der Waals surface area contributed by atoms with Gasteiger partial charge in [-0.2, -0.15) is 5.10 Å². The van der Waals surface area contributed by atoms with E-state index in [1.54, 1.807) is 38.1 Å². The monoisotopic (exact) mass is 406 g/mol. The number of rotatable bonds is 9. The molecule has 0 radical (unpaired) electrons. The highest BCUT2D eigenvalue weighted by molar-refractivity contribution is 7.88. The molecule has 1 amide bonds. The summed E-state index contributed by atoms with van der Waals surface area (Å²) < 4.78 is 27.7. The molecule has 0 atom stereocenters. The van der Waals surface area contributed by atoms with Gasteiger partial charge >= 0.3 is 0 Å². The van der Waals surface area contributed by atoms with Gasteiger partial charge in [0.25, 0.3) is 11.5 Å². The fourth-order valence-corrected chi connectivity index (χ4v) is 4.02. The van der Waals surface area contributed by atoms with Crippen molar-refractivity contribution in [1.82, 2.24) is 19.8 Å². The second kappa shape index (κ2) is 9.61. The Kier molecular flexibility index (Phi) is 7.47. The van der Waals surface area contributed by atoms with E-state index in [2.05, 4.69) is 15.1 Å². The van der Waals surface area contributed by atoms with Crippen LogP contribution in [0.5, 0.6) is 0 Å². The molecule has 0 aliphatic carbocycles. The zero-order valence-electron chi connectivity index (χ0n) is 16.3. The third kappa shape index (κ3) is 6.58. The van der Waals surface area contributed by atoms with Gasteiger partial charge in [0, 0.05) is 25.2 Å². The number of carbonyl (C=O) groups excluding carboxylic acids is 1. The van der Waals surface area contributed by atoms with Crippen molar-refractivity contribution in [2.75, 3.05) is 0 Å². The summed E-state index contributed by atoms with van der Waals surface area (Å²) >= 11 is 0. The Balaban J connectivity index is 1.97. The first-order valence-electron chi connectivity index (χ1n) is 9.14. The Hall–Kier alpha value is -2.52. The maximum atomic E-state index is 12.3. The summed E-state index contributed by atoms with van der Waals surface area (Å²) in [5, 5.41) is 6.82. The van der Waals surface area contributed by atoms with Crippen LogP contribution in [0.25, 0.3) is 0 Å². The topological polar surface area (TPSA) is 110 Å². The lowest BCUT2D eigenvalue weighted by Crippen LogP contribution is -2.31. The van der Waals surface area contributed by atoms with Crippen molar-refractivity contribution < 1.29 is 13.2 Å². The Labute approximate surface area is 165 Å². The van der Waals surface area contributed by atoms with Crippen LogP contribution >= 0.6 is 0 Å². The van der Waals surface area contributed by atoms with Crippen LogP contribution in [0.4, 0.5) is 0 Å². The largest absolute Gasteiger partial charge is 0.347 e. The molecule has 9 heteroatoms. The molecule has 0 aliphatic rings. The molecular formula is C19H26N4O4S. The summed E-state index contributed by atoms with van der Waals surface area (Å²) in [6.45, 7) is 6.19. The van der Waals surface area contributed by atoms with E-state index >= 15 is 0 Å². The van der Waals surface area contributed by atoms with E-state index in [-0.39, 0.29) is 35.5 Å². The fraction of sp³-hybridized carbons (Fsp3) is 0.421. The molecule has 0 aliphatic heterocycles. The Morgan fingerprint density at radius 1 is 1.11 bits per heavy atom. The van der Waals surface area contributed by atoms with Gasteiger partial charge in [-0.25, -0.2) is 17.8 Å². The standard InChI is InChI=1S/C19H26N4O4S/c1-4-11-23-18(24)10-9-17(21-23)19(25)20-12-15-5-7-16(8-6-15)13-28(26,27)22-14(2)3/h5-10,14,22H,4,11-13H2,1-3H3,(H,20,25). The molecule has 0 saturated carbocycles. The lowest BCUT2D eigenvalue weighted by Gasteiger charge is -2.10. The molecule has 2 aromatic rings. The Bertz CT molecular complexity index is 966. The number of hydrogen-bond donors (Lipinski definition) is 2. The first-order chi connectivity index (χ1) is 13.2. The van der Waals surface area contributed by atoms with Crippen molar-refractivity contribution >= 4 is 15.9 Å². The van der Waals surface area contributed by atoms with Gasteiger partial charge in [0.05, 0.1) is 5.75 Å². The summed E-state index contributed by atoms with van der Waals surface area (Å²) in [7, 11) is -3.38. The van der Waals surface area contributed by atoms with Crippen LogP contribution in [0.2, 0.25) is 0 Å². The number of amides is 1. The van der Waals surface area contributed by atoms with Gasteiger partial charge in [0.15, 0.2) is 0 Å². The van der Waals surface area contributed by atoms with Crippen LogP contribution in [0.1, 0.15) is 48.8 Å². The SMILES string of the molecule is CCCn1nc(C(=O)NCc2ccc(CS(=O)(=O)NC(C)C)cc2)ccc1=O. The molecule has 1 heterocycles. The lowest BCUT2D eigenvalue weighted by molar-refractivity contribution is 0.0943. The number of nitrogens with one attached hydrogen (secondary N) is 2. The molecular weight excluding hydrogens is 380 g/mol. The average Bonchev–Trinajstić information content (AvgIpc) is 2.61. The van der Waals surface area contributed by atoms with E-state index in [1.165, 1.54) is 16.8 Å². The number of nitrogens with zero attached hydrogens (tertiary/aromatic N) is 2. The van der Waals surface area contributed by atoms with Crippen LogP contribution in [0.3, 0.4) is 0 Å². The number of aryl methyl sites for hydroxylation is 1. The normalized spacial score (nSPS) is 11.6. The molecule has 2 rings (SSSR count). The highest BCUT2D eigenvalue weighted by Gasteiger charge is 2.13. The molecule has 8 nitrogen and oxygen atoms in total. The van der Waals surface area contributed by atoms with Crippen molar-refractivity contribution in [3.05, 3.63) is 63.6 Å². The highest BCUT2D eigenvalue weighted by atomic mass is 32.2. The minimum Gasteiger partial charge on any atom is -0.347 e. The van der Waals surface area contributed by atoms with Crippen LogP contribution in [0.15, 0.2) is 41.2 Å². The van der Waals surface area contributed by atoms with Gasteiger partial charge in [0.1, 0.15) is 5.69 Å². The maximum absolute atomic E-state index is 12.3. The van der Waals surface area contributed by atoms with Gasteiger partial charge in [-0.05, 0) is 37.5 Å². The summed E-state index contributed by atoms with van der Waals surface area (Å²) in [6.07, 6.45) is 0.743. The third-order valence-electron chi connectivity index (χ3n) is 3.78. The number of carbonyl (C=O) groups is 1. The maximum Gasteiger partial charge on any atom is 0.271 e. The van der Waals surface area contributed by atoms with E-state index < -0.39 is 10.0 Å². The molecule has 2 N–H and O–H groups in total. The molecule has 1 aromatic heterocycles.